The zero-order chi connectivity index (χ0) is 25.0. The Labute approximate surface area is 201 Å². The summed E-state index contributed by atoms with van der Waals surface area (Å²) in [5, 5.41) is 12.4. The van der Waals surface area contributed by atoms with E-state index in [4.69, 9.17) is 16.7 Å². The van der Waals surface area contributed by atoms with Crippen LogP contribution in [-0.4, -0.2) is 66.7 Å². The number of nitrogens with zero attached hydrogens (tertiary/aromatic N) is 2. The number of carbonyl (C=O) groups excluding carboxylic acids is 1. The Balaban J connectivity index is 1.82. The third-order valence-electron chi connectivity index (χ3n) is 6.15. The molecule has 186 valence electrons. The fourth-order valence-electron chi connectivity index (χ4n) is 4.34. The Kier molecular flexibility index (Phi) is 8.57. The normalized spacial score (nSPS) is 18.7. The lowest BCUT2D eigenvalue weighted by Crippen LogP contribution is -2.40. The van der Waals surface area contributed by atoms with Crippen molar-refractivity contribution in [3.8, 4) is 0 Å². The molecule has 1 saturated heterocycles. The summed E-state index contributed by atoms with van der Waals surface area (Å²) in [5.74, 6) is -1.48. The van der Waals surface area contributed by atoms with E-state index in [0.29, 0.717) is 30.2 Å². The van der Waals surface area contributed by atoms with Gasteiger partial charge in [0.1, 0.15) is 5.82 Å². The number of aliphatic hydroxyl groups is 1. The van der Waals surface area contributed by atoms with E-state index < -0.39 is 17.6 Å². The van der Waals surface area contributed by atoms with Crippen LogP contribution in [-0.2, 0) is 17.5 Å². The van der Waals surface area contributed by atoms with Crippen LogP contribution in [0.5, 0.6) is 0 Å². The molecule has 3 rings (SSSR count). The highest BCUT2D eigenvalue weighted by atomic mass is 35.5. The van der Waals surface area contributed by atoms with E-state index in [0.717, 1.165) is 23.3 Å². The molecule has 2 atom stereocenters. The van der Waals surface area contributed by atoms with E-state index in [1.54, 1.807) is 4.90 Å². The first-order chi connectivity index (χ1) is 16.0. The van der Waals surface area contributed by atoms with Gasteiger partial charge in [-0.05, 0) is 48.9 Å². The predicted molar refractivity (Wildman–Crippen MR) is 122 cm³/mol. The van der Waals surface area contributed by atoms with Crippen LogP contribution in [0.25, 0.3) is 0 Å². The molecule has 0 bridgehead atoms. The average molecular weight is 502 g/mol. The summed E-state index contributed by atoms with van der Waals surface area (Å²) >= 11 is 6.18. The number of carbonyl (C=O) groups is 1. The van der Waals surface area contributed by atoms with Crippen LogP contribution in [0, 0.1) is 12.7 Å². The topological polar surface area (TPSA) is 55.8 Å². The zero-order valence-electron chi connectivity index (χ0n) is 19.0. The second-order valence-electron chi connectivity index (χ2n) is 8.61. The third kappa shape index (κ3) is 6.27. The first-order valence-electron chi connectivity index (χ1n) is 10.9. The van der Waals surface area contributed by atoms with Crippen molar-refractivity contribution >= 4 is 17.5 Å². The predicted octanol–water partition coefficient (Wildman–Crippen LogP) is 3.81. The van der Waals surface area contributed by atoms with Crippen LogP contribution >= 0.6 is 11.6 Å². The Hall–Kier alpha value is -2.20. The number of amides is 1. The van der Waals surface area contributed by atoms with E-state index in [9.17, 15) is 22.4 Å². The van der Waals surface area contributed by atoms with Crippen LogP contribution in [0.3, 0.4) is 0 Å². The van der Waals surface area contributed by atoms with Crippen molar-refractivity contribution in [3.63, 3.8) is 0 Å². The minimum absolute atomic E-state index is 0.0675. The summed E-state index contributed by atoms with van der Waals surface area (Å²) in [4.78, 5) is 16.4. The van der Waals surface area contributed by atoms with Crippen molar-refractivity contribution in [1.29, 1.82) is 0 Å². The Morgan fingerprint density at radius 2 is 1.97 bits per heavy atom. The quantitative estimate of drug-likeness (QED) is 0.426. The van der Waals surface area contributed by atoms with Gasteiger partial charge in [0.2, 0.25) is 5.91 Å². The average Bonchev–Trinajstić information content (AvgIpc) is 3.21. The van der Waals surface area contributed by atoms with Gasteiger partial charge in [-0.25, -0.2) is 4.39 Å². The maximum Gasteiger partial charge on any atom is 0.419 e. The standard InChI is InChI=1S/C24H28ClF4N3O2/c1-15-9-17(4-6-20(15)25)18-13-32(23(34)11-30-7-8-33)14-22(18)31(2)12-16-3-5-19(21(26)10-16)24(27,28)29/h3-6,9-10,18,22,30,33H,7-8,11-14H2,1-2H3/t18-,22?/m1/s1. The number of alkyl halides is 3. The van der Waals surface area contributed by atoms with Gasteiger partial charge in [-0.1, -0.05) is 29.8 Å². The molecule has 5 nitrogen and oxygen atoms in total. The molecule has 1 fully saturated rings. The van der Waals surface area contributed by atoms with Gasteiger partial charge in [-0.3, -0.25) is 9.69 Å². The third-order valence-corrected chi connectivity index (χ3v) is 6.58. The molecule has 1 amide bonds. The van der Waals surface area contributed by atoms with Crippen molar-refractivity contribution in [2.75, 3.05) is 39.8 Å². The number of aryl methyl sites for hydroxylation is 1. The minimum Gasteiger partial charge on any atom is -0.395 e. The van der Waals surface area contributed by atoms with Crippen LogP contribution in [0.15, 0.2) is 36.4 Å². The molecule has 34 heavy (non-hydrogen) atoms. The second-order valence-corrected chi connectivity index (χ2v) is 9.02. The number of nitrogens with one attached hydrogen (secondary N) is 1. The van der Waals surface area contributed by atoms with E-state index in [1.807, 2.05) is 37.1 Å². The van der Waals surface area contributed by atoms with Gasteiger partial charge in [0.25, 0.3) is 0 Å². The lowest BCUT2D eigenvalue weighted by Gasteiger charge is -2.29. The highest BCUT2D eigenvalue weighted by Crippen LogP contribution is 2.34. The van der Waals surface area contributed by atoms with E-state index in [1.165, 1.54) is 6.07 Å². The molecule has 0 saturated carbocycles. The fourth-order valence-corrected chi connectivity index (χ4v) is 4.46. The molecule has 0 radical (unpaired) electrons. The number of halogens is 5. The molecule has 2 N–H and O–H groups in total. The number of benzene rings is 2. The summed E-state index contributed by atoms with van der Waals surface area (Å²) in [6, 6.07) is 8.50. The Morgan fingerprint density at radius 3 is 2.59 bits per heavy atom. The lowest BCUT2D eigenvalue weighted by molar-refractivity contribution is -0.140. The van der Waals surface area contributed by atoms with Crippen LogP contribution in [0.4, 0.5) is 17.6 Å². The van der Waals surface area contributed by atoms with Gasteiger partial charge < -0.3 is 15.3 Å². The van der Waals surface area contributed by atoms with Gasteiger partial charge in [-0.15, -0.1) is 0 Å². The van der Waals surface area contributed by atoms with Gasteiger partial charge in [0, 0.05) is 43.2 Å². The molecule has 10 heteroatoms. The SMILES string of the molecule is Cc1cc([C@H]2CN(C(=O)CNCCO)CC2N(C)Cc2ccc(C(F)(F)F)c(F)c2)ccc1Cl. The molecule has 0 aliphatic carbocycles. The lowest BCUT2D eigenvalue weighted by atomic mass is 9.92. The largest absolute Gasteiger partial charge is 0.419 e. The first-order valence-corrected chi connectivity index (χ1v) is 11.3. The maximum absolute atomic E-state index is 14.1. The maximum atomic E-state index is 14.1. The smallest absolute Gasteiger partial charge is 0.395 e. The molecule has 1 aliphatic rings. The molecular formula is C24H28ClF4N3O2. The number of aliphatic hydroxyl groups excluding tert-OH is 1. The van der Waals surface area contributed by atoms with E-state index in [2.05, 4.69) is 5.32 Å². The minimum atomic E-state index is -4.75. The Morgan fingerprint density at radius 1 is 1.24 bits per heavy atom. The van der Waals surface area contributed by atoms with Crippen LogP contribution < -0.4 is 5.32 Å². The monoisotopic (exact) mass is 501 g/mol. The molecule has 1 aliphatic heterocycles. The van der Waals surface area contributed by atoms with Gasteiger partial charge in [0.05, 0.1) is 18.7 Å². The number of likely N-dealkylation sites (tertiary alicyclic amines) is 1. The summed E-state index contributed by atoms with van der Waals surface area (Å²) in [5.41, 5.74) is 1.02. The Bertz CT molecular complexity index is 1020. The summed E-state index contributed by atoms with van der Waals surface area (Å²) in [6.07, 6.45) is -4.75. The summed E-state index contributed by atoms with van der Waals surface area (Å²) in [6.45, 7) is 3.30. The molecule has 0 spiro atoms. The number of hydrogen-bond donors (Lipinski definition) is 2. The van der Waals surface area contributed by atoms with Crippen molar-refractivity contribution in [2.24, 2.45) is 0 Å². The molecular weight excluding hydrogens is 474 g/mol. The molecule has 2 aromatic carbocycles. The molecule has 0 aromatic heterocycles. The van der Waals surface area contributed by atoms with Gasteiger partial charge in [0.15, 0.2) is 0 Å². The van der Waals surface area contributed by atoms with Crippen LogP contribution in [0.1, 0.15) is 28.2 Å². The van der Waals surface area contributed by atoms with Crippen molar-refractivity contribution in [3.05, 3.63) is 69.5 Å². The van der Waals surface area contributed by atoms with Gasteiger partial charge in [-0.2, -0.15) is 13.2 Å². The number of likely N-dealkylation sites (N-methyl/N-ethyl adjacent to an activating group) is 1. The highest BCUT2D eigenvalue weighted by Gasteiger charge is 2.39. The molecule has 2 aromatic rings. The summed E-state index contributed by atoms with van der Waals surface area (Å²) < 4.78 is 52.8. The number of rotatable bonds is 8. The van der Waals surface area contributed by atoms with Crippen molar-refractivity contribution in [2.45, 2.75) is 31.6 Å². The van der Waals surface area contributed by atoms with Crippen molar-refractivity contribution < 1.29 is 27.5 Å². The first kappa shape index (κ1) is 26.4. The van der Waals surface area contributed by atoms with Gasteiger partial charge >= 0.3 is 6.18 Å². The second kappa shape index (κ2) is 11.0. The van der Waals surface area contributed by atoms with E-state index in [-0.39, 0.29) is 37.6 Å². The molecule has 1 heterocycles. The van der Waals surface area contributed by atoms with Crippen LogP contribution in [0.2, 0.25) is 5.02 Å². The summed E-state index contributed by atoms with van der Waals surface area (Å²) in [7, 11) is 1.81. The highest BCUT2D eigenvalue weighted by molar-refractivity contribution is 6.31. The van der Waals surface area contributed by atoms with E-state index >= 15 is 0 Å². The van der Waals surface area contributed by atoms with Crippen molar-refractivity contribution in [1.82, 2.24) is 15.1 Å². The zero-order valence-corrected chi connectivity index (χ0v) is 19.8. The fraction of sp³-hybridized carbons (Fsp3) is 0.458. The number of hydrogen-bond acceptors (Lipinski definition) is 4. The molecule has 1 unspecified atom stereocenters.